The summed E-state index contributed by atoms with van der Waals surface area (Å²) in [6, 6.07) is 7.52. The van der Waals surface area contributed by atoms with Crippen molar-refractivity contribution in [1.29, 1.82) is 0 Å². The molecule has 0 fully saturated rings. The molecule has 0 unspecified atom stereocenters. The van der Waals surface area contributed by atoms with Gasteiger partial charge in [0, 0.05) is 13.1 Å². The summed E-state index contributed by atoms with van der Waals surface area (Å²) < 4.78 is 5.07. The van der Waals surface area contributed by atoms with Gasteiger partial charge in [-0.2, -0.15) is 0 Å². The number of carbonyl (C=O) groups is 1. The van der Waals surface area contributed by atoms with Crippen molar-refractivity contribution in [2.45, 2.75) is 20.4 Å². The molecule has 0 aromatic heterocycles. The molecule has 1 aromatic carbocycles. The van der Waals surface area contributed by atoms with Gasteiger partial charge in [0.15, 0.2) is 5.96 Å². The summed E-state index contributed by atoms with van der Waals surface area (Å²) in [6.45, 7) is 5.36. The third-order valence-corrected chi connectivity index (χ3v) is 2.73. The van der Waals surface area contributed by atoms with Crippen LogP contribution in [0.1, 0.15) is 19.4 Å². The number of methoxy groups -OCH3 is 1. The maximum Gasteiger partial charge on any atom is 0.242 e. The van der Waals surface area contributed by atoms with Crippen LogP contribution in [0.5, 0.6) is 5.75 Å². The molecule has 1 rings (SSSR count). The van der Waals surface area contributed by atoms with E-state index in [1.807, 2.05) is 24.3 Å². The van der Waals surface area contributed by atoms with Crippen LogP contribution in [-0.2, 0) is 11.3 Å². The number of halogens is 1. The fourth-order valence-corrected chi connectivity index (χ4v) is 1.52. The molecule has 0 spiro atoms. The van der Waals surface area contributed by atoms with Gasteiger partial charge in [-0.1, -0.05) is 26.0 Å². The van der Waals surface area contributed by atoms with Gasteiger partial charge in [0.25, 0.3) is 0 Å². The molecule has 0 heterocycles. The van der Waals surface area contributed by atoms with Gasteiger partial charge >= 0.3 is 0 Å². The highest BCUT2D eigenvalue weighted by Crippen LogP contribution is 2.10. The smallest absolute Gasteiger partial charge is 0.242 e. The Balaban J connectivity index is 0.00000441. The normalized spacial score (nSPS) is 10.8. The summed E-state index contributed by atoms with van der Waals surface area (Å²) in [6.07, 6.45) is 0. The minimum atomic E-state index is -0.167. The average molecular weight is 420 g/mol. The summed E-state index contributed by atoms with van der Waals surface area (Å²) in [5.74, 6) is 1.39. The second kappa shape index (κ2) is 11.1. The molecule has 7 heteroatoms. The number of benzene rings is 1. The van der Waals surface area contributed by atoms with E-state index in [9.17, 15) is 4.79 Å². The number of amides is 1. The lowest BCUT2D eigenvalue weighted by molar-refractivity contribution is -0.119. The van der Waals surface area contributed by atoms with Crippen LogP contribution in [-0.4, -0.2) is 32.1 Å². The Morgan fingerprint density at radius 2 is 1.91 bits per heavy atom. The van der Waals surface area contributed by atoms with Crippen molar-refractivity contribution in [2.24, 2.45) is 16.6 Å². The van der Waals surface area contributed by atoms with Gasteiger partial charge < -0.3 is 21.1 Å². The first kappa shape index (κ1) is 20.5. The van der Waals surface area contributed by atoms with E-state index in [1.54, 1.807) is 7.11 Å². The van der Waals surface area contributed by atoms with Gasteiger partial charge in [0.1, 0.15) is 12.3 Å². The second-order valence-electron chi connectivity index (χ2n) is 5.10. The topological polar surface area (TPSA) is 88.7 Å². The highest BCUT2D eigenvalue weighted by Gasteiger charge is 2.01. The Morgan fingerprint density at radius 1 is 1.27 bits per heavy atom. The number of nitrogens with two attached hydrogens (primary N) is 1. The first-order valence-electron chi connectivity index (χ1n) is 6.94. The minimum absolute atomic E-state index is 0. The lowest BCUT2D eigenvalue weighted by Crippen LogP contribution is -2.35. The predicted molar refractivity (Wildman–Crippen MR) is 99.6 cm³/mol. The van der Waals surface area contributed by atoms with Gasteiger partial charge in [-0.05, 0) is 23.6 Å². The van der Waals surface area contributed by atoms with E-state index >= 15 is 0 Å². The van der Waals surface area contributed by atoms with Crippen LogP contribution in [0.2, 0.25) is 0 Å². The number of carbonyl (C=O) groups excluding carboxylic acids is 1. The van der Waals surface area contributed by atoms with Crippen LogP contribution in [0.25, 0.3) is 0 Å². The SMILES string of the molecule is COc1ccc(CNC(=O)CN=C(N)NCC(C)C)cc1.I. The fraction of sp³-hybridized carbons (Fsp3) is 0.467. The molecule has 0 aliphatic heterocycles. The quantitative estimate of drug-likeness (QED) is 0.354. The number of aliphatic imine (C=N–C) groups is 1. The Bertz CT molecular complexity index is 475. The van der Waals surface area contributed by atoms with E-state index in [4.69, 9.17) is 10.5 Å². The Morgan fingerprint density at radius 3 is 2.45 bits per heavy atom. The van der Waals surface area contributed by atoms with E-state index < -0.39 is 0 Å². The Kier molecular flexibility index (Phi) is 10.3. The van der Waals surface area contributed by atoms with Gasteiger partial charge in [0.05, 0.1) is 7.11 Å². The van der Waals surface area contributed by atoms with Crippen LogP contribution in [0.15, 0.2) is 29.3 Å². The van der Waals surface area contributed by atoms with Crippen molar-refractivity contribution in [3.8, 4) is 5.75 Å². The number of guanidine groups is 1. The molecular formula is C15H25IN4O2. The molecule has 1 aromatic rings. The van der Waals surface area contributed by atoms with Crippen molar-refractivity contribution in [2.75, 3.05) is 20.2 Å². The van der Waals surface area contributed by atoms with E-state index in [0.29, 0.717) is 18.4 Å². The molecule has 0 atom stereocenters. The molecular weight excluding hydrogens is 395 g/mol. The van der Waals surface area contributed by atoms with Gasteiger partial charge in [-0.25, -0.2) is 4.99 Å². The fourth-order valence-electron chi connectivity index (χ4n) is 1.52. The molecule has 0 radical (unpaired) electrons. The first-order chi connectivity index (χ1) is 10.0. The number of hydrogen-bond acceptors (Lipinski definition) is 3. The highest BCUT2D eigenvalue weighted by molar-refractivity contribution is 14.0. The summed E-state index contributed by atoms with van der Waals surface area (Å²) in [5.41, 5.74) is 6.65. The lowest BCUT2D eigenvalue weighted by Gasteiger charge is -2.08. The largest absolute Gasteiger partial charge is 0.497 e. The van der Waals surface area contributed by atoms with E-state index in [0.717, 1.165) is 17.9 Å². The standard InChI is InChI=1S/C15H24N4O2.HI/c1-11(2)8-18-15(16)19-10-14(20)17-9-12-4-6-13(21-3)7-5-12;/h4-7,11H,8-10H2,1-3H3,(H,17,20)(H3,16,18,19);1H. The Labute approximate surface area is 148 Å². The van der Waals surface area contributed by atoms with Crippen molar-refractivity contribution < 1.29 is 9.53 Å². The summed E-state index contributed by atoms with van der Waals surface area (Å²) in [4.78, 5) is 15.6. The molecule has 0 aliphatic rings. The number of ether oxygens (including phenoxy) is 1. The van der Waals surface area contributed by atoms with Crippen LogP contribution < -0.4 is 21.1 Å². The molecule has 124 valence electrons. The number of hydrogen-bond donors (Lipinski definition) is 3. The lowest BCUT2D eigenvalue weighted by atomic mass is 10.2. The number of nitrogens with zero attached hydrogens (tertiary/aromatic N) is 1. The molecule has 0 bridgehead atoms. The zero-order chi connectivity index (χ0) is 15.7. The zero-order valence-corrected chi connectivity index (χ0v) is 15.6. The Hall–Kier alpha value is -1.51. The van der Waals surface area contributed by atoms with E-state index in [1.165, 1.54) is 0 Å². The summed E-state index contributed by atoms with van der Waals surface area (Å²) >= 11 is 0. The van der Waals surface area contributed by atoms with Crippen LogP contribution in [0.4, 0.5) is 0 Å². The molecule has 22 heavy (non-hydrogen) atoms. The van der Waals surface area contributed by atoms with Crippen molar-refractivity contribution in [3.05, 3.63) is 29.8 Å². The second-order valence-corrected chi connectivity index (χ2v) is 5.10. The molecule has 0 saturated carbocycles. The molecule has 0 saturated heterocycles. The summed E-state index contributed by atoms with van der Waals surface area (Å²) in [7, 11) is 1.62. The molecule has 0 aliphatic carbocycles. The maximum absolute atomic E-state index is 11.7. The highest BCUT2D eigenvalue weighted by atomic mass is 127. The summed E-state index contributed by atoms with van der Waals surface area (Å²) in [5, 5.41) is 5.74. The van der Waals surface area contributed by atoms with Crippen LogP contribution in [0, 0.1) is 5.92 Å². The number of nitrogens with one attached hydrogen (secondary N) is 2. The van der Waals surface area contributed by atoms with E-state index in [2.05, 4.69) is 29.5 Å². The van der Waals surface area contributed by atoms with Crippen LogP contribution >= 0.6 is 24.0 Å². The average Bonchev–Trinajstić information content (AvgIpc) is 2.49. The first-order valence-corrected chi connectivity index (χ1v) is 6.94. The van der Waals surface area contributed by atoms with Crippen LogP contribution in [0.3, 0.4) is 0 Å². The monoisotopic (exact) mass is 420 g/mol. The number of rotatable bonds is 7. The predicted octanol–water partition coefficient (Wildman–Crippen LogP) is 1.49. The molecule has 1 amide bonds. The zero-order valence-electron chi connectivity index (χ0n) is 13.3. The van der Waals surface area contributed by atoms with Crippen molar-refractivity contribution in [1.82, 2.24) is 10.6 Å². The van der Waals surface area contributed by atoms with Crippen molar-refractivity contribution >= 4 is 35.8 Å². The van der Waals surface area contributed by atoms with E-state index in [-0.39, 0.29) is 36.4 Å². The van der Waals surface area contributed by atoms with Gasteiger partial charge in [-0.15, -0.1) is 24.0 Å². The maximum atomic E-state index is 11.7. The molecule has 4 N–H and O–H groups in total. The third-order valence-electron chi connectivity index (χ3n) is 2.73. The van der Waals surface area contributed by atoms with Gasteiger partial charge in [0.2, 0.25) is 5.91 Å². The molecule has 6 nitrogen and oxygen atoms in total. The van der Waals surface area contributed by atoms with Gasteiger partial charge in [-0.3, -0.25) is 4.79 Å². The minimum Gasteiger partial charge on any atom is -0.497 e. The third kappa shape index (κ3) is 8.71. The van der Waals surface area contributed by atoms with Crippen molar-refractivity contribution in [3.63, 3.8) is 0 Å².